The summed E-state index contributed by atoms with van der Waals surface area (Å²) in [5.74, 6) is -0.152. The molecule has 2 heterocycles. The Morgan fingerprint density at radius 2 is 1.71 bits per heavy atom. The molecule has 1 aliphatic heterocycles. The van der Waals surface area contributed by atoms with E-state index in [1.54, 1.807) is 42.2 Å². The van der Waals surface area contributed by atoms with E-state index in [4.69, 9.17) is 0 Å². The number of rotatable bonds is 6. The van der Waals surface area contributed by atoms with Gasteiger partial charge in [0, 0.05) is 49.9 Å². The lowest BCUT2D eigenvalue weighted by Crippen LogP contribution is -2.50. The summed E-state index contributed by atoms with van der Waals surface area (Å²) in [7, 11) is -3.28. The highest BCUT2D eigenvalue weighted by atomic mass is 32.2. The molecule has 2 N–H and O–H groups in total. The highest BCUT2D eigenvalue weighted by Crippen LogP contribution is 2.39. The average molecular weight is 487 g/mol. The number of aromatic hydroxyl groups is 2. The predicted molar refractivity (Wildman–Crippen MR) is 125 cm³/mol. The van der Waals surface area contributed by atoms with E-state index in [1.165, 1.54) is 15.1 Å². The van der Waals surface area contributed by atoms with Crippen molar-refractivity contribution in [3.8, 4) is 34.0 Å². The highest BCUT2D eigenvalue weighted by molar-refractivity contribution is 7.89. The number of hydrogen-bond acceptors (Lipinski definition) is 8. The van der Waals surface area contributed by atoms with Gasteiger partial charge in [0.05, 0.1) is 11.3 Å². The average Bonchev–Trinajstić information content (AvgIpc) is 3.32. The van der Waals surface area contributed by atoms with Crippen molar-refractivity contribution in [2.45, 2.75) is 20.4 Å². The van der Waals surface area contributed by atoms with E-state index >= 15 is 0 Å². The van der Waals surface area contributed by atoms with Gasteiger partial charge in [-0.15, -0.1) is 5.10 Å². The van der Waals surface area contributed by atoms with E-state index < -0.39 is 10.0 Å². The van der Waals surface area contributed by atoms with Crippen LogP contribution in [0.2, 0.25) is 0 Å². The van der Waals surface area contributed by atoms with Gasteiger partial charge < -0.3 is 15.1 Å². The van der Waals surface area contributed by atoms with Gasteiger partial charge >= 0.3 is 0 Å². The first-order chi connectivity index (χ1) is 16.2. The molecule has 0 radical (unpaired) electrons. The molecule has 2 aromatic carbocycles. The number of nitrogens with zero attached hydrogens (tertiary/aromatic N) is 6. The Hall–Kier alpha value is -3.51. The van der Waals surface area contributed by atoms with E-state index in [2.05, 4.69) is 15.5 Å². The molecule has 0 atom stereocenters. The Bertz CT molecular complexity index is 1320. The van der Waals surface area contributed by atoms with Gasteiger partial charge in [-0.25, -0.2) is 13.1 Å². The monoisotopic (exact) mass is 486 g/mol. The number of aromatic nitrogens is 4. The number of carbonyl (C=O) groups excluding carboxylic acids is 1. The molecule has 0 saturated carbocycles. The predicted octanol–water partition coefficient (Wildman–Crippen LogP) is 1.55. The number of sulfonamides is 1. The third kappa shape index (κ3) is 4.46. The number of tetrazole rings is 1. The molecule has 180 valence electrons. The Morgan fingerprint density at radius 1 is 1.00 bits per heavy atom. The van der Waals surface area contributed by atoms with Crippen molar-refractivity contribution in [2.75, 3.05) is 31.9 Å². The minimum atomic E-state index is -3.28. The number of piperazine rings is 1. The maximum absolute atomic E-state index is 13.1. The van der Waals surface area contributed by atoms with Crippen LogP contribution < -0.4 is 0 Å². The number of amides is 1. The van der Waals surface area contributed by atoms with E-state index in [9.17, 15) is 23.4 Å². The molecule has 34 heavy (non-hydrogen) atoms. The van der Waals surface area contributed by atoms with Crippen LogP contribution in [0.5, 0.6) is 11.5 Å². The third-order valence-corrected chi connectivity index (χ3v) is 7.77. The van der Waals surface area contributed by atoms with Crippen LogP contribution in [0.15, 0.2) is 36.4 Å². The molecule has 3 aromatic rings. The third-order valence-electron chi connectivity index (χ3n) is 5.89. The van der Waals surface area contributed by atoms with Gasteiger partial charge in [0.15, 0.2) is 5.82 Å². The van der Waals surface area contributed by atoms with E-state index in [-0.39, 0.29) is 36.2 Å². The second kappa shape index (κ2) is 9.39. The lowest BCUT2D eigenvalue weighted by molar-refractivity contribution is 0.0698. The molecule has 0 bridgehead atoms. The van der Waals surface area contributed by atoms with E-state index in [0.29, 0.717) is 47.7 Å². The van der Waals surface area contributed by atoms with Crippen molar-refractivity contribution in [2.24, 2.45) is 0 Å². The quantitative estimate of drug-likeness (QED) is 0.534. The lowest BCUT2D eigenvalue weighted by Gasteiger charge is -2.33. The number of carbonyl (C=O) groups is 1. The zero-order valence-corrected chi connectivity index (χ0v) is 19.7. The van der Waals surface area contributed by atoms with E-state index in [1.807, 2.05) is 6.92 Å². The second-order valence-electron chi connectivity index (χ2n) is 7.88. The molecule has 1 aliphatic rings. The van der Waals surface area contributed by atoms with Crippen LogP contribution in [0.3, 0.4) is 0 Å². The summed E-state index contributed by atoms with van der Waals surface area (Å²) >= 11 is 0. The fourth-order valence-corrected chi connectivity index (χ4v) is 5.04. The minimum absolute atomic E-state index is 0.0335. The van der Waals surface area contributed by atoms with Gasteiger partial charge in [-0.2, -0.15) is 4.31 Å². The molecule has 1 saturated heterocycles. The van der Waals surface area contributed by atoms with Gasteiger partial charge in [-0.05, 0) is 48.0 Å². The summed E-state index contributed by atoms with van der Waals surface area (Å²) in [5.41, 5.74) is 1.75. The van der Waals surface area contributed by atoms with Crippen molar-refractivity contribution in [1.29, 1.82) is 0 Å². The Labute approximate surface area is 197 Å². The fourth-order valence-electron chi connectivity index (χ4n) is 3.95. The SMILES string of the molecule is CCn1nnnc1-c1cc(-c2cccc(C(=O)N3CCN(S(=O)(=O)CC)CC3)c2)c(O)cc1O. The molecular weight excluding hydrogens is 460 g/mol. The molecule has 12 heteroatoms. The zero-order chi connectivity index (χ0) is 24.5. The summed E-state index contributed by atoms with van der Waals surface area (Å²) in [5, 5.41) is 32.4. The van der Waals surface area contributed by atoms with Crippen LogP contribution in [0.4, 0.5) is 0 Å². The van der Waals surface area contributed by atoms with Crippen molar-refractivity contribution in [3.63, 3.8) is 0 Å². The summed E-state index contributed by atoms with van der Waals surface area (Å²) in [4.78, 5) is 14.7. The first-order valence-electron chi connectivity index (χ1n) is 10.9. The zero-order valence-electron chi connectivity index (χ0n) is 18.9. The molecular formula is C22H26N6O5S. The molecule has 0 spiro atoms. The number of benzene rings is 2. The molecule has 0 unspecified atom stereocenters. The fraction of sp³-hybridized carbons (Fsp3) is 0.364. The molecule has 1 amide bonds. The summed E-state index contributed by atoms with van der Waals surface area (Å²) < 4.78 is 27.1. The largest absolute Gasteiger partial charge is 0.507 e. The van der Waals surface area contributed by atoms with Crippen molar-refractivity contribution in [1.82, 2.24) is 29.4 Å². The van der Waals surface area contributed by atoms with Gasteiger partial charge in [0.25, 0.3) is 5.91 Å². The maximum Gasteiger partial charge on any atom is 0.253 e. The molecule has 0 aliphatic carbocycles. The summed E-state index contributed by atoms with van der Waals surface area (Å²) in [6.45, 7) is 5.09. The highest BCUT2D eigenvalue weighted by Gasteiger charge is 2.28. The smallest absolute Gasteiger partial charge is 0.253 e. The second-order valence-corrected chi connectivity index (χ2v) is 10.1. The van der Waals surface area contributed by atoms with Crippen LogP contribution in [-0.4, -0.2) is 85.9 Å². The van der Waals surface area contributed by atoms with Crippen molar-refractivity contribution < 1.29 is 23.4 Å². The standard InChI is InChI=1S/C22H26N6O5S/c1-3-28-21(23-24-25-28)18-13-17(19(29)14-20(18)30)15-6-5-7-16(12-15)22(31)26-8-10-27(11-9-26)34(32,33)4-2/h5-7,12-14,29-30H,3-4,8-11H2,1-2H3. The molecule has 11 nitrogen and oxygen atoms in total. The number of hydrogen-bond donors (Lipinski definition) is 2. The Kier molecular flexibility index (Phi) is 6.53. The lowest BCUT2D eigenvalue weighted by atomic mass is 9.98. The number of aryl methyl sites for hydroxylation is 1. The Balaban J connectivity index is 1.61. The van der Waals surface area contributed by atoms with Crippen LogP contribution in [0.1, 0.15) is 24.2 Å². The van der Waals surface area contributed by atoms with Crippen LogP contribution >= 0.6 is 0 Å². The summed E-state index contributed by atoms with van der Waals surface area (Å²) in [6, 6.07) is 9.61. The Morgan fingerprint density at radius 3 is 2.38 bits per heavy atom. The van der Waals surface area contributed by atoms with Crippen LogP contribution in [0, 0.1) is 0 Å². The van der Waals surface area contributed by atoms with Crippen molar-refractivity contribution in [3.05, 3.63) is 42.0 Å². The first kappa shape index (κ1) is 23.6. The topological polar surface area (TPSA) is 142 Å². The van der Waals surface area contributed by atoms with E-state index in [0.717, 1.165) is 0 Å². The normalized spacial score (nSPS) is 14.9. The number of phenols is 2. The molecule has 4 rings (SSSR count). The molecule has 1 fully saturated rings. The van der Waals surface area contributed by atoms with Crippen LogP contribution in [-0.2, 0) is 16.6 Å². The van der Waals surface area contributed by atoms with Gasteiger partial charge in [-0.1, -0.05) is 12.1 Å². The summed E-state index contributed by atoms with van der Waals surface area (Å²) in [6.07, 6.45) is 0. The first-order valence-corrected chi connectivity index (χ1v) is 12.6. The van der Waals surface area contributed by atoms with Crippen molar-refractivity contribution >= 4 is 15.9 Å². The number of phenolic OH excluding ortho intramolecular Hbond substituents is 2. The van der Waals surface area contributed by atoms with Gasteiger partial charge in [0.2, 0.25) is 10.0 Å². The minimum Gasteiger partial charge on any atom is -0.507 e. The van der Waals surface area contributed by atoms with Gasteiger partial charge in [-0.3, -0.25) is 4.79 Å². The van der Waals surface area contributed by atoms with Gasteiger partial charge in [0.1, 0.15) is 11.5 Å². The molecule has 1 aromatic heterocycles. The maximum atomic E-state index is 13.1. The van der Waals surface area contributed by atoms with Crippen LogP contribution in [0.25, 0.3) is 22.5 Å².